The van der Waals surface area contributed by atoms with E-state index in [-0.39, 0.29) is 35.8 Å². The maximum absolute atomic E-state index is 11.3. The van der Waals surface area contributed by atoms with Crippen LogP contribution in [0.1, 0.15) is 6.92 Å². The fourth-order valence-corrected chi connectivity index (χ4v) is 1.88. The van der Waals surface area contributed by atoms with Crippen molar-refractivity contribution in [2.45, 2.75) is 13.0 Å². The highest BCUT2D eigenvalue weighted by Gasteiger charge is 2.25. The Morgan fingerprint density at radius 3 is 3.00 bits per heavy atom. The van der Waals surface area contributed by atoms with E-state index in [0.717, 1.165) is 0 Å². The molecule has 20 heavy (non-hydrogen) atoms. The topological polar surface area (TPSA) is 103 Å². The second-order valence-corrected chi connectivity index (χ2v) is 4.40. The molecule has 8 nitrogen and oxygen atoms in total. The van der Waals surface area contributed by atoms with Gasteiger partial charge in [0.05, 0.1) is 16.7 Å². The molecule has 1 unspecified atom stereocenters. The van der Waals surface area contributed by atoms with Crippen molar-refractivity contribution in [1.29, 1.82) is 0 Å². The normalized spacial score (nSPS) is 14.8. The second kappa shape index (κ2) is 5.74. The van der Waals surface area contributed by atoms with E-state index in [4.69, 9.17) is 9.47 Å². The van der Waals surface area contributed by atoms with E-state index in [0.29, 0.717) is 12.2 Å². The van der Waals surface area contributed by atoms with Gasteiger partial charge in [-0.05, 0) is 14.0 Å². The molecule has 0 spiro atoms. The summed E-state index contributed by atoms with van der Waals surface area (Å²) in [7, 11) is 1.76. The number of nitrogens with one attached hydrogen (secondary N) is 2. The third-order valence-corrected chi connectivity index (χ3v) is 2.71. The fraction of sp³-hybridized carbons (Fsp3) is 0.417. The van der Waals surface area contributed by atoms with E-state index >= 15 is 0 Å². The monoisotopic (exact) mass is 281 g/mol. The zero-order valence-corrected chi connectivity index (χ0v) is 11.1. The molecule has 0 aliphatic carbocycles. The second-order valence-electron chi connectivity index (χ2n) is 4.40. The van der Waals surface area contributed by atoms with Crippen molar-refractivity contribution in [3.8, 4) is 11.5 Å². The average Bonchev–Trinajstić information content (AvgIpc) is 2.37. The van der Waals surface area contributed by atoms with E-state index in [1.54, 1.807) is 14.0 Å². The minimum Gasteiger partial charge on any atom is -0.482 e. The molecule has 0 saturated heterocycles. The van der Waals surface area contributed by atoms with Gasteiger partial charge in [-0.3, -0.25) is 14.9 Å². The first kappa shape index (κ1) is 14.1. The Morgan fingerprint density at radius 2 is 2.35 bits per heavy atom. The number of benzene rings is 1. The lowest BCUT2D eigenvalue weighted by molar-refractivity contribution is -0.386. The SMILES string of the molecule is CNCC(C)Oc1cc2c(cc1[N+](=O)[O-])OCC(=O)N2. The number of ether oxygens (including phenoxy) is 2. The van der Waals surface area contributed by atoms with Crippen molar-refractivity contribution in [2.24, 2.45) is 0 Å². The molecule has 1 atom stereocenters. The number of rotatable bonds is 5. The summed E-state index contributed by atoms with van der Waals surface area (Å²) in [6.45, 7) is 2.17. The van der Waals surface area contributed by atoms with Gasteiger partial charge in [0, 0.05) is 12.6 Å². The van der Waals surface area contributed by atoms with Gasteiger partial charge >= 0.3 is 5.69 Å². The van der Waals surface area contributed by atoms with E-state index < -0.39 is 4.92 Å². The summed E-state index contributed by atoms with van der Waals surface area (Å²) in [6.07, 6.45) is -0.253. The predicted octanol–water partition coefficient (Wildman–Crippen LogP) is 0.912. The smallest absolute Gasteiger partial charge is 0.314 e. The summed E-state index contributed by atoms with van der Waals surface area (Å²) in [5.41, 5.74) is 0.182. The third-order valence-electron chi connectivity index (χ3n) is 2.71. The summed E-state index contributed by atoms with van der Waals surface area (Å²) in [5.74, 6) is 0.0628. The molecule has 0 bridgehead atoms. The number of nitro groups is 1. The predicted molar refractivity (Wildman–Crippen MR) is 71.2 cm³/mol. The van der Waals surface area contributed by atoms with Crippen molar-refractivity contribution in [2.75, 3.05) is 25.5 Å². The number of carbonyl (C=O) groups excluding carboxylic acids is 1. The van der Waals surface area contributed by atoms with Crippen molar-refractivity contribution in [3.63, 3.8) is 0 Å². The largest absolute Gasteiger partial charge is 0.482 e. The van der Waals surface area contributed by atoms with Gasteiger partial charge in [0.1, 0.15) is 6.10 Å². The van der Waals surface area contributed by atoms with E-state index in [1.165, 1.54) is 12.1 Å². The Kier molecular flexibility index (Phi) is 4.04. The first-order chi connectivity index (χ1) is 9.51. The molecule has 1 aromatic carbocycles. The number of hydrogen-bond acceptors (Lipinski definition) is 6. The van der Waals surface area contributed by atoms with Crippen LogP contribution in [0.4, 0.5) is 11.4 Å². The zero-order chi connectivity index (χ0) is 14.7. The maximum Gasteiger partial charge on any atom is 0.314 e. The lowest BCUT2D eigenvalue weighted by Crippen LogP contribution is -2.27. The van der Waals surface area contributed by atoms with Gasteiger partial charge in [0.2, 0.25) is 0 Å². The molecule has 2 rings (SSSR count). The van der Waals surface area contributed by atoms with Crippen molar-refractivity contribution < 1.29 is 19.2 Å². The molecule has 0 radical (unpaired) electrons. The molecule has 1 heterocycles. The zero-order valence-electron chi connectivity index (χ0n) is 11.1. The van der Waals surface area contributed by atoms with Gasteiger partial charge in [-0.25, -0.2) is 0 Å². The van der Waals surface area contributed by atoms with Crippen LogP contribution in [0.3, 0.4) is 0 Å². The summed E-state index contributed by atoms with van der Waals surface area (Å²) in [6, 6.07) is 2.67. The Balaban J connectivity index is 2.35. The molecule has 0 fully saturated rings. The first-order valence-corrected chi connectivity index (χ1v) is 6.07. The number of carbonyl (C=O) groups is 1. The van der Waals surface area contributed by atoms with Gasteiger partial charge in [-0.1, -0.05) is 0 Å². The van der Waals surface area contributed by atoms with E-state index in [1.807, 2.05) is 0 Å². The minimum absolute atomic E-state index is 0.0994. The Morgan fingerprint density at radius 1 is 1.60 bits per heavy atom. The van der Waals surface area contributed by atoms with Crippen molar-refractivity contribution in [3.05, 3.63) is 22.2 Å². The van der Waals surface area contributed by atoms with Crippen LogP contribution in [0.2, 0.25) is 0 Å². The quantitative estimate of drug-likeness (QED) is 0.614. The highest BCUT2D eigenvalue weighted by Crippen LogP contribution is 2.39. The van der Waals surface area contributed by atoms with Crippen LogP contribution in [0.15, 0.2) is 12.1 Å². The molecule has 1 aliphatic rings. The van der Waals surface area contributed by atoms with Crippen LogP contribution < -0.4 is 20.1 Å². The summed E-state index contributed by atoms with van der Waals surface area (Å²) in [5, 5.41) is 16.6. The number of nitro benzene ring substituents is 1. The Bertz CT molecular complexity index is 546. The highest BCUT2D eigenvalue weighted by molar-refractivity contribution is 5.96. The highest BCUT2D eigenvalue weighted by atomic mass is 16.6. The minimum atomic E-state index is -0.540. The van der Waals surface area contributed by atoms with Gasteiger partial charge in [-0.15, -0.1) is 0 Å². The molecular weight excluding hydrogens is 266 g/mol. The van der Waals surface area contributed by atoms with Crippen LogP contribution in [-0.2, 0) is 4.79 Å². The lowest BCUT2D eigenvalue weighted by Gasteiger charge is -2.20. The number of nitrogens with zero attached hydrogens (tertiary/aromatic N) is 1. The summed E-state index contributed by atoms with van der Waals surface area (Å²) < 4.78 is 10.7. The molecule has 0 aromatic heterocycles. The maximum atomic E-state index is 11.3. The van der Waals surface area contributed by atoms with Crippen LogP contribution in [0.5, 0.6) is 11.5 Å². The van der Waals surface area contributed by atoms with Crippen molar-refractivity contribution in [1.82, 2.24) is 5.32 Å². The molecule has 1 amide bonds. The third kappa shape index (κ3) is 2.97. The summed E-state index contributed by atoms with van der Waals surface area (Å²) in [4.78, 5) is 21.8. The number of likely N-dealkylation sites (N-methyl/N-ethyl adjacent to an activating group) is 1. The number of fused-ring (bicyclic) bond motifs is 1. The van der Waals surface area contributed by atoms with Crippen molar-refractivity contribution >= 4 is 17.3 Å². The molecule has 2 N–H and O–H groups in total. The van der Waals surface area contributed by atoms with Crippen LogP contribution in [-0.4, -0.2) is 37.1 Å². The Hall–Kier alpha value is -2.35. The van der Waals surface area contributed by atoms with E-state index in [2.05, 4.69) is 10.6 Å². The molecule has 8 heteroatoms. The number of amides is 1. The van der Waals surface area contributed by atoms with Crippen LogP contribution >= 0.6 is 0 Å². The fourth-order valence-electron chi connectivity index (χ4n) is 1.88. The number of hydrogen-bond donors (Lipinski definition) is 2. The Labute approximate surface area is 115 Å². The average molecular weight is 281 g/mol. The molecule has 0 saturated carbocycles. The molecule has 1 aliphatic heterocycles. The van der Waals surface area contributed by atoms with Gasteiger partial charge in [0.25, 0.3) is 5.91 Å². The summed E-state index contributed by atoms with van der Waals surface area (Å²) >= 11 is 0. The standard InChI is InChI=1S/C12H15N3O5/c1-7(5-13-2)20-11-3-8-10(4-9(11)15(17)18)19-6-12(16)14-8/h3-4,7,13H,5-6H2,1-2H3,(H,14,16). The van der Waals surface area contributed by atoms with Crippen LogP contribution in [0, 0.1) is 10.1 Å². The van der Waals surface area contributed by atoms with Gasteiger partial charge in [-0.2, -0.15) is 0 Å². The number of anilines is 1. The lowest BCUT2D eigenvalue weighted by atomic mass is 10.2. The first-order valence-electron chi connectivity index (χ1n) is 6.07. The van der Waals surface area contributed by atoms with Gasteiger partial charge in [0.15, 0.2) is 18.1 Å². The molecular formula is C12H15N3O5. The molecule has 108 valence electrons. The van der Waals surface area contributed by atoms with Gasteiger partial charge < -0.3 is 20.1 Å². The van der Waals surface area contributed by atoms with Crippen LogP contribution in [0.25, 0.3) is 0 Å². The molecule has 1 aromatic rings. The van der Waals surface area contributed by atoms with E-state index in [9.17, 15) is 14.9 Å².